The van der Waals surface area contributed by atoms with Crippen molar-refractivity contribution in [1.29, 1.82) is 0 Å². The first-order chi connectivity index (χ1) is 14.3. The molecule has 168 valence electrons. The normalized spacial score (nSPS) is 14.2. The number of phenolic OH excluding ortho intramolecular Hbond substituents is 1. The molecule has 2 rings (SSSR count). The summed E-state index contributed by atoms with van der Waals surface area (Å²) in [4.78, 5) is 12.0. The summed E-state index contributed by atoms with van der Waals surface area (Å²) in [5, 5.41) is 14.0. The molecule has 0 fully saturated rings. The summed E-state index contributed by atoms with van der Waals surface area (Å²) in [5.41, 5.74) is 5.07. The first-order valence-electron chi connectivity index (χ1n) is 10.6. The Balaban J connectivity index is 2.02. The molecule has 1 heterocycles. The van der Waals surface area contributed by atoms with E-state index in [9.17, 15) is 14.5 Å². The van der Waals surface area contributed by atoms with Crippen LogP contribution >= 0.6 is 7.60 Å². The number of cyclic esters (lactones) is 1. The van der Waals surface area contributed by atoms with Crippen LogP contribution < -0.4 is 5.32 Å². The van der Waals surface area contributed by atoms with Crippen LogP contribution in [0.1, 0.15) is 60.3 Å². The number of nitrogens with one attached hydrogen (secondary N) is 1. The quantitative estimate of drug-likeness (QED) is 0.217. The van der Waals surface area contributed by atoms with Crippen LogP contribution in [0.2, 0.25) is 0 Å². The fourth-order valence-electron chi connectivity index (χ4n) is 3.75. The van der Waals surface area contributed by atoms with Gasteiger partial charge in [0.05, 0.1) is 19.4 Å². The number of rotatable bonds is 12. The average Bonchev–Trinajstić information content (AvgIpc) is 3.09. The van der Waals surface area contributed by atoms with E-state index in [-0.39, 0.29) is 12.4 Å². The standard InChI is InChI=1S/C22H34NO6P/c1-6-17-16(5)19-14-27-22(25)20(19)21(24)18(17)10-9-15(4)13-23-11-12-30(26,28-7-2)29-8-3/h9,23-24H,6-8,10-14H2,1-5H3/b15-9+. The van der Waals surface area contributed by atoms with Crippen molar-refractivity contribution in [2.24, 2.45) is 0 Å². The molecule has 1 aliphatic heterocycles. The largest absolute Gasteiger partial charge is 0.507 e. The summed E-state index contributed by atoms with van der Waals surface area (Å²) in [6.45, 7) is 11.7. The molecule has 7 nitrogen and oxygen atoms in total. The van der Waals surface area contributed by atoms with E-state index in [0.29, 0.717) is 44.4 Å². The highest BCUT2D eigenvalue weighted by Gasteiger charge is 2.30. The molecule has 0 bridgehead atoms. The van der Waals surface area contributed by atoms with Crippen molar-refractivity contribution in [2.45, 2.75) is 54.1 Å². The highest BCUT2D eigenvalue weighted by Crippen LogP contribution is 2.47. The lowest BCUT2D eigenvalue weighted by atomic mass is 9.89. The second-order valence-electron chi connectivity index (χ2n) is 7.32. The molecular formula is C22H34NO6P. The summed E-state index contributed by atoms with van der Waals surface area (Å²) >= 11 is 0. The Kier molecular flexibility index (Phi) is 9.10. The third-order valence-electron chi connectivity index (χ3n) is 5.27. The van der Waals surface area contributed by atoms with Crippen LogP contribution in [0, 0.1) is 6.92 Å². The lowest BCUT2D eigenvalue weighted by Crippen LogP contribution is -2.21. The fraction of sp³-hybridized carbons (Fsp3) is 0.591. The first kappa shape index (κ1) is 24.6. The number of hydrogen-bond acceptors (Lipinski definition) is 7. The predicted octanol–water partition coefficient (Wildman–Crippen LogP) is 4.28. The van der Waals surface area contributed by atoms with E-state index in [1.54, 1.807) is 13.8 Å². The molecule has 0 spiro atoms. The Hall–Kier alpha value is -1.66. The van der Waals surface area contributed by atoms with E-state index in [1.165, 1.54) is 0 Å². The van der Waals surface area contributed by atoms with Crippen molar-refractivity contribution >= 4 is 13.6 Å². The Bertz CT molecular complexity index is 839. The topological polar surface area (TPSA) is 94.1 Å². The zero-order chi connectivity index (χ0) is 22.3. The number of ether oxygens (including phenoxy) is 1. The number of aromatic hydroxyl groups is 1. The monoisotopic (exact) mass is 439 g/mol. The van der Waals surface area contributed by atoms with E-state index in [0.717, 1.165) is 34.2 Å². The molecule has 0 aliphatic carbocycles. The van der Waals surface area contributed by atoms with Gasteiger partial charge < -0.3 is 24.2 Å². The van der Waals surface area contributed by atoms with Crippen LogP contribution in [0.4, 0.5) is 0 Å². The lowest BCUT2D eigenvalue weighted by molar-refractivity contribution is 0.0533. The van der Waals surface area contributed by atoms with Crippen molar-refractivity contribution in [1.82, 2.24) is 5.32 Å². The summed E-state index contributed by atoms with van der Waals surface area (Å²) in [6, 6.07) is 0. The summed E-state index contributed by atoms with van der Waals surface area (Å²) in [5.74, 6) is -0.411. The van der Waals surface area contributed by atoms with E-state index in [2.05, 4.69) is 5.32 Å². The van der Waals surface area contributed by atoms with E-state index >= 15 is 0 Å². The molecule has 30 heavy (non-hydrogen) atoms. The molecule has 2 N–H and O–H groups in total. The molecule has 1 aliphatic rings. The lowest BCUT2D eigenvalue weighted by Gasteiger charge is -2.17. The van der Waals surface area contributed by atoms with Gasteiger partial charge in [-0.3, -0.25) is 4.57 Å². The zero-order valence-corrected chi connectivity index (χ0v) is 19.6. The fourth-order valence-corrected chi connectivity index (χ4v) is 5.30. The van der Waals surface area contributed by atoms with Crippen LogP contribution in [-0.4, -0.2) is 43.5 Å². The molecule has 0 saturated heterocycles. The third-order valence-corrected chi connectivity index (χ3v) is 7.35. The number of allylic oxidation sites excluding steroid dienone is 1. The summed E-state index contributed by atoms with van der Waals surface area (Å²) in [6.07, 6.45) is 3.65. The van der Waals surface area contributed by atoms with Gasteiger partial charge >= 0.3 is 13.6 Å². The smallest absolute Gasteiger partial charge is 0.342 e. The van der Waals surface area contributed by atoms with Crippen molar-refractivity contribution < 1.29 is 28.3 Å². The van der Waals surface area contributed by atoms with Crippen LogP contribution in [0.3, 0.4) is 0 Å². The maximum absolute atomic E-state index is 12.5. The highest BCUT2D eigenvalue weighted by molar-refractivity contribution is 7.53. The third kappa shape index (κ3) is 5.73. The predicted molar refractivity (Wildman–Crippen MR) is 117 cm³/mol. The Morgan fingerprint density at radius 2 is 1.90 bits per heavy atom. The number of carbonyl (C=O) groups excluding carboxylic acids is 1. The maximum atomic E-state index is 12.5. The zero-order valence-electron chi connectivity index (χ0n) is 18.7. The van der Waals surface area contributed by atoms with Crippen LogP contribution in [0.25, 0.3) is 0 Å². The number of benzene rings is 1. The summed E-state index contributed by atoms with van der Waals surface area (Å²) < 4.78 is 28.2. The number of carbonyl (C=O) groups is 1. The molecule has 0 amide bonds. The average molecular weight is 439 g/mol. The van der Waals surface area contributed by atoms with Crippen LogP contribution in [0.15, 0.2) is 11.6 Å². The van der Waals surface area contributed by atoms with Crippen molar-refractivity contribution in [3.8, 4) is 5.75 Å². The Morgan fingerprint density at radius 1 is 1.23 bits per heavy atom. The Labute approximate surface area is 179 Å². The molecule has 1 aromatic rings. The van der Waals surface area contributed by atoms with E-state index in [1.807, 2.05) is 26.8 Å². The number of phenols is 1. The van der Waals surface area contributed by atoms with Crippen molar-refractivity contribution in [3.05, 3.63) is 39.5 Å². The molecule has 8 heteroatoms. The second kappa shape index (κ2) is 11.1. The first-order valence-corrected chi connectivity index (χ1v) is 12.3. The van der Waals surface area contributed by atoms with Gasteiger partial charge in [0.15, 0.2) is 0 Å². The van der Waals surface area contributed by atoms with Crippen molar-refractivity contribution in [3.63, 3.8) is 0 Å². The maximum Gasteiger partial charge on any atom is 0.342 e. The molecule has 0 aromatic heterocycles. The van der Waals surface area contributed by atoms with Crippen LogP contribution in [-0.2, 0) is 37.8 Å². The van der Waals surface area contributed by atoms with Gasteiger partial charge in [-0.1, -0.05) is 18.6 Å². The highest BCUT2D eigenvalue weighted by atomic mass is 31.2. The summed E-state index contributed by atoms with van der Waals surface area (Å²) in [7, 11) is -3.04. The van der Waals surface area contributed by atoms with Crippen LogP contribution in [0.5, 0.6) is 5.75 Å². The Morgan fingerprint density at radius 3 is 2.50 bits per heavy atom. The SMILES string of the molecule is CCOP(=O)(CCNC/C(C)=C/Cc1c(O)c2c(c(C)c1CC)COC2=O)OCC. The van der Waals surface area contributed by atoms with Gasteiger partial charge in [-0.2, -0.15) is 0 Å². The second-order valence-corrected chi connectivity index (χ2v) is 9.50. The van der Waals surface area contributed by atoms with E-state index < -0.39 is 13.6 Å². The molecule has 0 radical (unpaired) electrons. The van der Waals surface area contributed by atoms with Gasteiger partial charge in [0.1, 0.15) is 17.9 Å². The van der Waals surface area contributed by atoms with Gasteiger partial charge in [0, 0.05) is 24.2 Å². The molecule has 0 atom stereocenters. The minimum atomic E-state index is -3.04. The van der Waals surface area contributed by atoms with E-state index in [4.69, 9.17) is 13.8 Å². The minimum absolute atomic E-state index is 0.0429. The molecule has 1 aromatic carbocycles. The molecule has 0 saturated carbocycles. The van der Waals surface area contributed by atoms with Crippen molar-refractivity contribution in [2.75, 3.05) is 32.5 Å². The number of fused-ring (bicyclic) bond motifs is 1. The number of hydrogen-bond donors (Lipinski definition) is 2. The molecular weight excluding hydrogens is 405 g/mol. The van der Waals surface area contributed by atoms with Gasteiger partial charge in [-0.15, -0.1) is 0 Å². The van der Waals surface area contributed by atoms with Gasteiger partial charge in [-0.05, 0) is 51.7 Å². The van der Waals surface area contributed by atoms with Gasteiger partial charge in [0.25, 0.3) is 0 Å². The van der Waals surface area contributed by atoms with Gasteiger partial charge in [0.2, 0.25) is 0 Å². The molecule has 0 unspecified atom stereocenters. The van der Waals surface area contributed by atoms with Gasteiger partial charge in [-0.25, -0.2) is 4.79 Å². The minimum Gasteiger partial charge on any atom is -0.507 e. The number of esters is 1.